The predicted octanol–water partition coefficient (Wildman–Crippen LogP) is 4.51. The summed E-state index contributed by atoms with van der Waals surface area (Å²) in [5.74, 6) is 0. The molecule has 2 aromatic rings. The molecule has 0 amide bonds. The lowest BCUT2D eigenvalue weighted by molar-refractivity contribution is -0.137. The Morgan fingerprint density at radius 2 is 1.62 bits per heavy atom. The van der Waals surface area contributed by atoms with E-state index in [1.54, 1.807) is 6.20 Å². The zero-order valence-electron chi connectivity index (χ0n) is 11.9. The van der Waals surface area contributed by atoms with Gasteiger partial charge in [0.15, 0.2) is 0 Å². The average Bonchev–Trinajstić information content (AvgIpc) is 2.47. The van der Waals surface area contributed by atoms with E-state index >= 15 is 0 Å². The van der Waals surface area contributed by atoms with E-state index in [9.17, 15) is 13.2 Å². The second-order valence-electron chi connectivity index (χ2n) is 4.98. The Kier molecular flexibility index (Phi) is 4.63. The van der Waals surface area contributed by atoms with Crippen LogP contribution in [-0.4, -0.2) is 4.98 Å². The third kappa shape index (κ3) is 4.04. The number of benzene rings is 1. The number of aromatic nitrogens is 1. The van der Waals surface area contributed by atoms with Crippen LogP contribution in [0.3, 0.4) is 0 Å². The van der Waals surface area contributed by atoms with Crippen LogP contribution >= 0.6 is 0 Å². The first-order valence-electron chi connectivity index (χ1n) is 6.72. The van der Waals surface area contributed by atoms with Gasteiger partial charge < -0.3 is 5.32 Å². The highest BCUT2D eigenvalue weighted by molar-refractivity contribution is 5.26. The van der Waals surface area contributed by atoms with Gasteiger partial charge in [-0.1, -0.05) is 18.2 Å². The molecule has 5 heteroatoms. The SMILES string of the molecule is CC(NC(C)c1ccccn1)c1ccc(C(F)(F)F)cc1. The molecule has 0 aliphatic heterocycles. The maximum Gasteiger partial charge on any atom is 0.416 e. The quantitative estimate of drug-likeness (QED) is 0.897. The monoisotopic (exact) mass is 294 g/mol. The predicted molar refractivity (Wildman–Crippen MR) is 75.6 cm³/mol. The van der Waals surface area contributed by atoms with Crippen molar-refractivity contribution in [1.82, 2.24) is 10.3 Å². The lowest BCUT2D eigenvalue weighted by Crippen LogP contribution is -2.23. The van der Waals surface area contributed by atoms with Crippen LogP contribution in [0.25, 0.3) is 0 Å². The number of hydrogen-bond acceptors (Lipinski definition) is 2. The maximum absolute atomic E-state index is 12.5. The fourth-order valence-electron chi connectivity index (χ4n) is 2.15. The van der Waals surface area contributed by atoms with Gasteiger partial charge in [-0.3, -0.25) is 4.98 Å². The minimum Gasteiger partial charge on any atom is -0.302 e. The summed E-state index contributed by atoms with van der Waals surface area (Å²) < 4.78 is 37.6. The van der Waals surface area contributed by atoms with E-state index in [2.05, 4.69) is 10.3 Å². The van der Waals surface area contributed by atoms with Gasteiger partial charge >= 0.3 is 6.18 Å². The largest absolute Gasteiger partial charge is 0.416 e. The van der Waals surface area contributed by atoms with Gasteiger partial charge in [-0.25, -0.2) is 0 Å². The van der Waals surface area contributed by atoms with Crippen LogP contribution in [0.2, 0.25) is 0 Å². The Hall–Kier alpha value is -1.88. The van der Waals surface area contributed by atoms with Crippen molar-refractivity contribution < 1.29 is 13.2 Å². The summed E-state index contributed by atoms with van der Waals surface area (Å²) in [5.41, 5.74) is 1.08. The van der Waals surface area contributed by atoms with E-state index < -0.39 is 11.7 Å². The fourth-order valence-corrected chi connectivity index (χ4v) is 2.15. The Balaban J connectivity index is 2.05. The lowest BCUT2D eigenvalue weighted by atomic mass is 10.0. The second kappa shape index (κ2) is 6.26. The minimum absolute atomic E-state index is 0.0171. The van der Waals surface area contributed by atoms with E-state index in [1.807, 2.05) is 32.0 Å². The third-order valence-electron chi connectivity index (χ3n) is 3.37. The molecule has 112 valence electrons. The number of pyridine rings is 1. The van der Waals surface area contributed by atoms with Crippen LogP contribution in [-0.2, 0) is 6.18 Å². The third-order valence-corrected chi connectivity index (χ3v) is 3.37. The highest BCUT2D eigenvalue weighted by Crippen LogP contribution is 2.30. The van der Waals surface area contributed by atoms with E-state index in [4.69, 9.17) is 0 Å². The number of halogens is 3. The summed E-state index contributed by atoms with van der Waals surface area (Å²) in [6, 6.07) is 10.8. The molecular formula is C16H17F3N2. The number of hydrogen-bond donors (Lipinski definition) is 1. The first kappa shape index (κ1) is 15.5. The average molecular weight is 294 g/mol. The molecule has 0 aliphatic rings. The molecule has 2 nitrogen and oxygen atoms in total. The molecule has 2 atom stereocenters. The van der Waals surface area contributed by atoms with Crippen molar-refractivity contribution in [2.45, 2.75) is 32.1 Å². The molecule has 1 aromatic heterocycles. The van der Waals surface area contributed by atoms with E-state index in [0.717, 1.165) is 23.4 Å². The van der Waals surface area contributed by atoms with Gasteiger partial charge in [-0.15, -0.1) is 0 Å². The molecule has 0 aliphatic carbocycles. The van der Waals surface area contributed by atoms with Gasteiger partial charge in [-0.05, 0) is 43.7 Å². The Labute approximate surface area is 122 Å². The molecule has 1 N–H and O–H groups in total. The molecule has 2 unspecified atom stereocenters. The Morgan fingerprint density at radius 3 is 2.14 bits per heavy atom. The second-order valence-corrected chi connectivity index (χ2v) is 4.98. The minimum atomic E-state index is -4.30. The topological polar surface area (TPSA) is 24.9 Å². The normalized spacial score (nSPS) is 14.7. The summed E-state index contributed by atoms with van der Waals surface area (Å²) >= 11 is 0. The number of nitrogens with one attached hydrogen (secondary N) is 1. The summed E-state index contributed by atoms with van der Waals surface area (Å²) in [7, 11) is 0. The van der Waals surface area contributed by atoms with Gasteiger partial charge in [0.1, 0.15) is 0 Å². The van der Waals surface area contributed by atoms with Crippen molar-refractivity contribution in [2.24, 2.45) is 0 Å². The fraction of sp³-hybridized carbons (Fsp3) is 0.312. The maximum atomic E-state index is 12.5. The van der Waals surface area contributed by atoms with Crippen LogP contribution in [0.5, 0.6) is 0 Å². The Morgan fingerprint density at radius 1 is 0.952 bits per heavy atom. The number of rotatable bonds is 4. The van der Waals surface area contributed by atoms with E-state index in [0.29, 0.717) is 0 Å². The molecule has 0 radical (unpaired) electrons. The molecule has 0 bridgehead atoms. The van der Waals surface area contributed by atoms with Crippen LogP contribution in [0.1, 0.15) is 42.8 Å². The van der Waals surface area contributed by atoms with Gasteiger partial charge in [0.2, 0.25) is 0 Å². The van der Waals surface area contributed by atoms with Crippen molar-refractivity contribution in [1.29, 1.82) is 0 Å². The molecule has 0 fully saturated rings. The van der Waals surface area contributed by atoms with Crippen LogP contribution in [0, 0.1) is 0 Å². The number of alkyl halides is 3. The molecule has 2 rings (SSSR count). The van der Waals surface area contributed by atoms with Crippen LogP contribution in [0.15, 0.2) is 48.7 Å². The van der Waals surface area contributed by atoms with Crippen LogP contribution < -0.4 is 5.32 Å². The number of nitrogens with zero attached hydrogens (tertiary/aromatic N) is 1. The first-order chi connectivity index (χ1) is 9.88. The molecule has 1 heterocycles. The summed E-state index contributed by atoms with van der Waals surface area (Å²) in [5, 5.41) is 3.33. The van der Waals surface area contributed by atoms with Crippen molar-refractivity contribution in [3.05, 3.63) is 65.5 Å². The van der Waals surface area contributed by atoms with Gasteiger partial charge in [0.25, 0.3) is 0 Å². The zero-order chi connectivity index (χ0) is 15.5. The molecular weight excluding hydrogens is 277 g/mol. The zero-order valence-corrected chi connectivity index (χ0v) is 11.9. The highest BCUT2D eigenvalue weighted by Gasteiger charge is 2.30. The summed E-state index contributed by atoms with van der Waals surface area (Å²) in [6.07, 6.45) is -2.58. The van der Waals surface area contributed by atoms with Crippen molar-refractivity contribution in [3.8, 4) is 0 Å². The summed E-state index contributed by atoms with van der Waals surface area (Å²) in [4.78, 5) is 4.26. The van der Waals surface area contributed by atoms with E-state index in [-0.39, 0.29) is 12.1 Å². The van der Waals surface area contributed by atoms with Crippen molar-refractivity contribution >= 4 is 0 Å². The van der Waals surface area contributed by atoms with Crippen molar-refractivity contribution in [2.75, 3.05) is 0 Å². The molecule has 0 saturated heterocycles. The standard InChI is InChI=1S/C16H17F3N2/c1-11(21-12(2)15-5-3-4-10-20-15)13-6-8-14(9-7-13)16(17,18)19/h3-12,21H,1-2H3. The highest BCUT2D eigenvalue weighted by atomic mass is 19.4. The van der Waals surface area contributed by atoms with Crippen LogP contribution in [0.4, 0.5) is 13.2 Å². The van der Waals surface area contributed by atoms with E-state index in [1.165, 1.54) is 12.1 Å². The molecule has 0 saturated carbocycles. The van der Waals surface area contributed by atoms with Gasteiger partial charge in [0, 0.05) is 18.3 Å². The molecule has 0 spiro atoms. The first-order valence-corrected chi connectivity index (χ1v) is 6.72. The van der Waals surface area contributed by atoms with Crippen molar-refractivity contribution in [3.63, 3.8) is 0 Å². The Bertz CT molecular complexity index is 564. The molecule has 21 heavy (non-hydrogen) atoms. The van der Waals surface area contributed by atoms with Gasteiger partial charge in [-0.2, -0.15) is 13.2 Å². The summed E-state index contributed by atoms with van der Waals surface area (Å²) in [6.45, 7) is 3.89. The lowest BCUT2D eigenvalue weighted by Gasteiger charge is -2.20. The molecule has 1 aromatic carbocycles. The van der Waals surface area contributed by atoms with Gasteiger partial charge in [0.05, 0.1) is 11.3 Å². The smallest absolute Gasteiger partial charge is 0.302 e.